The van der Waals surface area contributed by atoms with E-state index in [1.807, 2.05) is 0 Å². The third-order valence-electron chi connectivity index (χ3n) is 2.23. The Bertz CT molecular complexity index is 634. The summed E-state index contributed by atoms with van der Waals surface area (Å²) in [6.45, 7) is 0. The average molecular weight is 231 g/mol. The Kier molecular flexibility index (Phi) is 2.61. The van der Waals surface area contributed by atoms with Crippen molar-refractivity contribution >= 4 is 11.4 Å². The summed E-state index contributed by atoms with van der Waals surface area (Å²) in [5.41, 5.74) is 6.48. The highest BCUT2D eigenvalue weighted by Crippen LogP contribution is 2.25. The van der Waals surface area contributed by atoms with Gasteiger partial charge in [-0.3, -0.25) is 14.9 Å². The minimum absolute atomic E-state index is 0.107. The number of nitrogen functional groups attached to an aromatic ring is 1. The molecular weight excluding hydrogens is 222 g/mol. The zero-order chi connectivity index (χ0) is 12.4. The maximum absolute atomic E-state index is 11.1. The quantitative estimate of drug-likeness (QED) is 0.464. The number of nitrogens with zero attached hydrogens (tertiary/aromatic N) is 1. The van der Waals surface area contributed by atoms with Gasteiger partial charge in [0.15, 0.2) is 0 Å². The van der Waals surface area contributed by atoms with Gasteiger partial charge in [-0.25, -0.2) is 0 Å². The predicted octanol–water partition coefficient (Wildman–Crippen LogP) is 1.53. The van der Waals surface area contributed by atoms with Crippen molar-refractivity contribution in [2.24, 2.45) is 0 Å². The molecule has 0 unspecified atom stereocenters. The van der Waals surface area contributed by atoms with E-state index in [1.165, 1.54) is 18.2 Å². The van der Waals surface area contributed by atoms with Crippen LogP contribution < -0.4 is 11.3 Å². The highest BCUT2D eigenvalue weighted by Gasteiger charge is 2.09. The van der Waals surface area contributed by atoms with E-state index >= 15 is 0 Å². The Hall–Kier alpha value is -2.63. The van der Waals surface area contributed by atoms with Crippen molar-refractivity contribution in [2.45, 2.75) is 0 Å². The van der Waals surface area contributed by atoms with Crippen LogP contribution in [0.15, 0.2) is 41.2 Å². The summed E-state index contributed by atoms with van der Waals surface area (Å²) in [7, 11) is 0. The van der Waals surface area contributed by atoms with E-state index in [2.05, 4.69) is 4.98 Å². The van der Waals surface area contributed by atoms with Crippen LogP contribution in [0.1, 0.15) is 0 Å². The van der Waals surface area contributed by atoms with Crippen LogP contribution in [0.25, 0.3) is 11.3 Å². The normalized spacial score (nSPS) is 10.1. The fourth-order valence-electron chi connectivity index (χ4n) is 1.51. The van der Waals surface area contributed by atoms with Crippen molar-refractivity contribution in [1.29, 1.82) is 0 Å². The molecule has 0 amide bonds. The Morgan fingerprint density at radius 2 is 2.00 bits per heavy atom. The van der Waals surface area contributed by atoms with E-state index in [-0.39, 0.29) is 16.9 Å². The lowest BCUT2D eigenvalue weighted by Crippen LogP contribution is -2.04. The molecule has 1 aromatic heterocycles. The van der Waals surface area contributed by atoms with E-state index in [4.69, 9.17) is 5.73 Å². The SMILES string of the molecule is Nc1cc(-c2cccc(=O)[nH]2)cc([N+](=O)[O-])c1. The molecule has 0 radical (unpaired) electrons. The smallest absolute Gasteiger partial charge is 0.272 e. The second-order valence-corrected chi connectivity index (χ2v) is 3.50. The van der Waals surface area contributed by atoms with Gasteiger partial charge in [-0.15, -0.1) is 0 Å². The second-order valence-electron chi connectivity index (χ2n) is 3.50. The van der Waals surface area contributed by atoms with Gasteiger partial charge in [0.25, 0.3) is 5.69 Å². The van der Waals surface area contributed by atoms with E-state index in [0.29, 0.717) is 11.3 Å². The number of aromatic amines is 1. The first-order valence-corrected chi connectivity index (χ1v) is 4.81. The standard InChI is InChI=1S/C11H9N3O3/c12-8-4-7(5-9(6-8)14(16)17)10-2-1-3-11(15)13-10/h1-6H,12H2,(H,13,15). The summed E-state index contributed by atoms with van der Waals surface area (Å²) in [4.78, 5) is 23.9. The monoisotopic (exact) mass is 231 g/mol. The van der Waals surface area contributed by atoms with Crippen LogP contribution in [-0.4, -0.2) is 9.91 Å². The van der Waals surface area contributed by atoms with Gasteiger partial charge in [0.1, 0.15) is 0 Å². The summed E-state index contributed by atoms with van der Waals surface area (Å²) in [6.07, 6.45) is 0. The van der Waals surface area contributed by atoms with Crippen LogP contribution in [0.2, 0.25) is 0 Å². The van der Waals surface area contributed by atoms with Crippen LogP contribution in [0.4, 0.5) is 11.4 Å². The van der Waals surface area contributed by atoms with Crippen molar-refractivity contribution < 1.29 is 4.92 Å². The number of hydrogen-bond acceptors (Lipinski definition) is 4. The molecule has 0 aliphatic carbocycles. The molecule has 17 heavy (non-hydrogen) atoms. The van der Waals surface area contributed by atoms with E-state index in [1.54, 1.807) is 18.2 Å². The van der Waals surface area contributed by atoms with E-state index in [0.717, 1.165) is 0 Å². The molecule has 1 heterocycles. The molecule has 2 rings (SSSR count). The first-order chi connectivity index (χ1) is 8.06. The lowest BCUT2D eigenvalue weighted by atomic mass is 10.1. The first kappa shape index (κ1) is 10.9. The second kappa shape index (κ2) is 4.09. The van der Waals surface area contributed by atoms with Gasteiger partial charge in [0, 0.05) is 35.1 Å². The number of anilines is 1. The van der Waals surface area contributed by atoms with Crippen LogP contribution in [0.5, 0.6) is 0 Å². The predicted molar refractivity (Wildman–Crippen MR) is 63.6 cm³/mol. The third-order valence-corrected chi connectivity index (χ3v) is 2.23. The molecule has 0 saturated heterocycles. The fourth-order valence-corrected chi connectivity index (χ4v) is 1.51. The number of rotatable bonds is 2. The first-order valence-electron chi connectivity index (χ1n) is 4.81. The van der Waals surface area contributed by atoms with Gasteiger partial charge >= 0.3 is 0 Å². The topological polar surface area (TPSA) is 102 Å². The summed E-state index contributed by atoms with van der Waals surface area (Å²) >= 11 is 0. The number of hydrogen-bond donors (Lipinski definition) is 2. The molecule has 0 saturated carbocycles. The molecule has 2 aromatic rings. The van der Waals surface area contributed by atoms with Gasteiger partial charge in [-0.1, -0.05) is 6.07 Å². The molecule has 3 N–H and O–H groups in total. The molecule has 0 fully saturated rings. The maximum atomic E-state index is 11.1. The molecule has 6 nitrogen and oxygen atoms in total. The number of pyridine rings is 1. The average Bonchev–Trinajstić information content (AvgIpc) is 2.28. The highest BCUT2D eigenvalue weighted by molar-refractivity contribution is 5.68. The zero-order valence-corrected chi connectivity index (χ0v) is 8.71. The Morgan fingerprint density at radius 1 is 1.24 bits per heavy atom. The van der Waals surface area contributed by atoms with Crippen molar-refractivity contribution in [2.75, 3.05) is 5.73 Å². The molecular formula is C11H9N3O3. The van der Waals surface area contributed by atoms with Gasteiger partial charge in [-0.05, 0) is 12.1 Å². The van der Waals surface area contributed by atoms with Crippen LogP contribution in [0, 0.1) is 10.1 Å². The van der Waals surface area contributed by atoms with Crippen molar-refractivity contribution in [3.63, 3.8) is 0 Å². The minimum Gasteiger partial charge on any atom is -0.399 e. The third kappa shape index (κ3) is 2.31. The number of benzene rings is 1. The minimum atomic E-state index is -0.527. The maximum Gasteiger partial charge on any atom is 0.272 e. The lowest BCUT2D eigenvalue weighted by molar-refractivity contribution is -0.384. The number of nitrogens with one attached hydrogen (secondary N) is 1. The highest BCUT2D eigenvalue weighted by atomic mass is 16.6. The summed E-state index contributed by atoms with van der Waals surface area (Å²) < 4.78 is 0. The Morgan fingerprint density at radius 3 is 2.65 bits per heavy atom. The van der Waals surface area contributed by atoms with Crippen molar-refractivity contribution in [1.82, 2.24) is 4.98 Å². The number of nitro groups is 1. The lowest BCUT2D eigenvalue weighted by Gasteiger charge is -2.02. The molecule has 0 bridgehead atoms. The molecule has 0 aliphatic heterocycles. The number of aromatic nitrogens is 1. The van der Waals surface area contributed by atoms with Crippen molar-refractivity contribution in [3.8, 4) is 11.3 Å². The largest absolute Gasteiger partial charge is 0.399 e. The molecule has 6 heteroatoms. The zero-order valence-electron chi connectivity index (χ0n) is 8.71. The summed E-state index contributed by atoms with van der Waals surface area (Å²) in [5, 5.41) is 10.7. The Balaban J connectivity index is 2.59. The van der Waals surface area contributed by atoms with Crippen LogP contribution in [0.3, 0.4) is 0 Å². The Labute approximate surface area is 95.9 Å². The van der Waals surface area contributed by atoms with Crippen LogP contribution >= 0.6 is 0 Å². The van der Waals surface area contributed by atoms with E-state index < -0.39 is 4.92 Å². The molecule has 1 aromatic carbocycles. The summed E-state index contributed by atoms with van der Waals surface area (Å²) in [5.74, 6) is 0. The number of nitrogens with two attached hydrogens (primary N) is 1. The number of H-pyrrole nitrogens is 1. The molecule has 0 spiro atoms. The van der Waals surface area contributed by atoms with Gasteiger partial charge in [-0.2, -0.15) is 0 Å². The van der Waals surface area contributed by atoms with Gasteiger partial charge in [0.05, 0.1) is 4.92 Å². The fraction of sp³-hybridized carbons (Fsp3) is 0. The molecule has 86 valence electrons. The van der Waals surface area contributed by atoms with Crippen LogP contribution in [-0.2, 0) is 0 Å². The molecule has 0 atom stereocenters. The van der Waals surface area contributed by atoms with Gasteiger partial charge in [0.2, 0.25) is 5.56 Å². The molecule has 0 aliphatic rings. The summed E-state index contributed by atoms with van der Waals surface area (Å²) in [6, 6.07) is 8.79. The number of nitro benzene ring substituents is 1. The van der Waals surface area contributed by atoms with Crippen molar-refractivity contribution in [3.05, 3.63) is 56.9 Å². The number of non-ortho nitro benzene ring substituents is 1. The van der Waals surface area contributed by atoms with Gasteiger partial charge < -0.3 is 10.7 Å². The van der Waals surface area contributed by atoms with E-state index in [9.17, 15) is 14.9 Å².